The predicted molar refractivity (Wildman–Crippen MR) is 272 cm³/mol. The second kappa shape index (κ2) is 26.2. The van der Waals surface area contributed by atoms with Gasteiger partial charge in [-0.1, -0.05) is 86.1 Å². The van der Waals surface area contributed by atoms with Crippen LogP contribution < -0.4 is 0 Å². The first-order valence-electron chi connectivity index (χ1n) is 24.2. The maximum Gasteiger partial charge on any atom is 0.309 e. The number of nitrogens with zero attached hydrogens (tertiary/aromatic N) is 2. The number of hydrogen-bond donors (Lipinski definition) is 3. The molecule has 0 radical (unpaired) electrons. The molecule has 0 saturated heterocycles. The van der Waals surface area contributed by atoms with Gasteiger partial charge in [-0.05, 0) is 76.7 Å². The lowest BCUT2D eigenvalue weighted by molar-refractivity contribution is -0.155. The molecule has 0 saturated carbocycles. The average molecular weight is 995 g/mol. The molecular formula is C54H78N2O11S2. The van der Waals surface area contributed by atoms with Gasteiger partial charge in [0.15, 0.2) is 0 Å². The highest BCUT2D eigenvalue weighted by Gasteiger charge is 2.44. The minimum Gasteiger partial charge on any atom is -0.457 e. The Morgan fingerprint density at radius 3 is 1.54 bits per heavy atom. The number of esters is 2. The van der Waals surface area contributed by atoms with Crippen LogP contribution in [0.1, 0.15) is 156 Å². The van der Waals surface area contributed by atoms with Crippen LogP contribution >= 0.6 is 22.7 Å². The monoisotopic (exact) mass is 995 g/mol. The number of aliphatic hydroxyl groups excluding tert-OH is 3. The van der Waals surface area contributed by atoms with E-state index in [1.54, 1.807) is 59.8 Å². The van der Waals surface area contributed by atoms with E-state index in [1.807, 2.05) is 89.6 Å². The van der Waals surface area contributed by atoms with Crippen LogP contribution in [0.4, 0.5) is 0 Å². The molecule has 0 spiro atoms. The molecule has 15 heteroatoms. The van der Waals surface area contributed by atoms with Crippen LogP contribution in [0.25, 0.3) is 12.2 Å². The molecule has 13 nitrogen and oxygen atoms in total. The highest BCUT2D eigenvalue weighted by molar-refractivity contribution is 7.09. The van der Waals surface area contributed by atoms with E-state index in [9.17, 15) is 44.1 Å². The van der Waals surface area contributed by atoms with Gasteiger partial charge in [0.2, 0.25) is 0 Å². The predicted octanol–water partition coefficient (Wildman–Crippen LogP) is 9.78. The maximum absolute atomic E-state index is 13.3. The van der Waals surface area contributed by atoms with Gasteiger partial charge in [-0.25, -0.2) is 9.97 Å². The number of aliphatic hydroxyl groups is 3. The summed E-state index contributed by atoms with van der Waals surface area (Å²) in [4.78, 5) is 86.4. The van der Waals surface area contributed by atoms with Crippen molar-refractivity contribution in [2.75, 3.05) is 0 Å². The normalized spacial score (nSPS) is 31.4. The number of carbonyl (C=O) groups excluding carboxylic acids is 6. The van der Waals surface area contributed by atoms with Crippen molar-refractivity contribution in [1.82, 2.24) is 9.97 Å². The van der Waals surface area contributed by atoms with E-state index in [2.05, 4.69) is 9.97 Å². The molecule has 0 amide bonds. The Labute approximate surface area is 418 Å². The summed E-state index contributed by atoms with van der Waals surface area (Å²) in [5.41, 5.74) is 1.74. The maximum atomic E-state index is 13.3. The summed E-state index contributed by atoms with van der Waals surface area (Å²) in [6, 6.07) is 0. The smallest absolute Gasteiger partial charge is 0.309 e. The molecule has 2 aliphatic heterocycles. The summed E-state index contributed by atoms with van der Waals surface area (Å²) in [6.45, 7) is 24.7. The van der Waals surface area contributed by atoms with Crippen molar-refractivity contribution >= 4 is 69.9 Å². The number of carbonyl (C=O) groups is 6. The van der Waals surface area contributed by atoms with Crippen LogP contribution in [0.5, 0.6) is 0 Å². The van der Waals surface area contributed by atoms with Gasteiger partial charge in [0.25, 0.3) is 0 Å². The number of ketones is 4. The molecule has 382 valence electrons. The Morgan fingerprint density at radius 1 is 0.623 bits per heavy atom. The molecule has 0 bridgehead atoms. The van der Waals surface area contributed by atoms with Crippen molar-refractivity contribution in [3.05, 3.63) is 67.1 Å². The van der Waals surface area contributed by atoms with Crippen molar-refractivity contribution in [1.29, 1.82) is 0 Å². The van der Waals surface area contributed by atoms with Crippen molar-refractivity contribution in [2.45, 2.75) is 179 Å². The number of hydrogen-bond acceptors (Lipinski definition) is 15. The number of aryl methyl sites for hydroxylation is 2. The molecule has 0 fully saturated rings. The van der Waals surface area contributed by atoms with E-state index < -0.39 is 76.8 Å². The molecule has 3 N–H and O–H groups in total. The summed E-state index contributed by atoms with van der Waals surface area (Å²) < 4.78 is 11.5. The van der Waals surface area contributed by atoms with Crippen LogP contribution in [0.3, 0.4) is 0 Å². The zero-order chi connectivity index (χ0) is 52.1. The largest absolute Gasteiger partial charge is 0.457 e. The lowest BCUT2D eigenvalue weighted by atomic mass is 9.70. The number of ether oxygens (including phenoxy) is 2. The quantitative estimate of drug-likeness (QED) is 0.193. The number of Topliss-reactive ketones (excluding diaryl/α,β-unsaturated/α-hetero) is 4. The van der Waals surface area contributed by atoms with Gasteiger partial charge in [-0.2, -0.15) is 0 Å². The summed E-state index contributed by atoms with van der Waals surface area (Å²) in [6.07, 6.45) is 6.78. The Kier molecular flexibility index (Phi) is 22.5. The third-order valence-corrected chi connectivity index (χ3v) is 15.8. The third kappa shape index (κ3) is 16.9. The molecule has 4 heterocycles. The fraction of sp³-hybridized carbons (Fsp3) is 0.630. The van der Waals surface area contributed by atoms with E-state index in [0.717, 1.165) is 38.1 Å². The standard InChI is InChI=1S/C27H39NO6S.C27H39NO5S/c1-15-8-10-21(29)17(3)25(32)18(4)26(33)27(6,7)23(30)13-24(31)34-22(11-9-15)16(2)12-20-14-35-19(5)28-20;1-16(13-21-15-34-20(5)28-21)23-12-10-8-9-11-22(29)18(3)17(2)19(4)26(32)27(6,7)24(30)14-25(31)33-23/h9,12,14,17-18,22-23,25,30,32H,8,10-11,13H2,1-7H3;8,10,13,15,17-19,23-24,30H,9,11-12,14H2,1-7H3/b15-9-,16-12+;10-8-,16-13+/t17-,18+,22-,23-,25-;17-,18+,19+,23-,24-/m00/s1. The SMILES string of the molecule is C/C(=C\c1csc(C)n1)[C@@H]1C/C=C\CCC(=O)[C@H](C)[C@H](C)[C@@H](C)C(=O)C(C)(C)[C@@H](O)CC(=O)O1.C/C1=C/C[C@@H](/C(C)=C/c2csc(C)n2)OC(=O)C[C@H](O)C(C)(C)C(=O)[C@H](C)[C@@H](O)[C@@H](C)C(=O)CC1. The van der Waals surface area contributed by atoms with E-state index in [1.165, 1.54) is 11.3 Å². The van der Waals surface area contributed by atoms with E-state index in [4.69, 9.17) is 9.47 Å². The molecule has 10 atom stereocenters. The minimum atomic E-state index is -1.31. The Bertz CT molecular complexity index is 2250. The summed E-state index contributed by atoms with van der Waals surface area (Å²) in [7, 11) is 0. The lowest BCUT2D eigenvalue weighted by Crippen LogP contribution is -2.46. The number of cyclic esters (lactones) is 2. The van der Waals surface area contributed by atoms with Crippen LogP contribution in [0.2, 0.25) is 0 Å². The average Bonchev–Trinajstić information content (AvgIpc) is 3.91. The first kappa shape index (κ1) is 59.0. The molecule has 2 aliphatic rings. The zero-order valence-electron chi connectivity index (χ0n) is 43.3. The van der Waals surface area contributed by atoms with E-state index >= 15 is 0 Å². The van der Waals surface area contributed by atoms with E-state index in [-0.39, 0.29) is 48.4 Å². The van der Waals surface area contributed by atoms with Crippen LogP contribution in [0.15, 0.2) is 45.7 Å². The summed E-state index contributed by atoms with van der Waals surface area (Å²) >= 11 is 3.08. The Morgan fingerprint density at radius 2 is 1.07 bits per heavy atom. The number of thiazole rings is 2. The lowest BCUT2D eigenvalue weighted by Gasteiger charge is -2.34. The topological polar surface area (TPSA) is 207 Å². The molecule has 2 aromatic rings. The molecular weight excluding hydrogens is 917 g/mol. The van der Waals surface area contributed by atoms with Crippen LogP contribution in [-0.4, -0.2) is 90.9 Å². The Hall–Kier alpha value is -4.28. The van der Waals surface area contributed by atoms with Gasteiger partial charge >= 0.3 is 11.9 Å². The molecule has 2 aromatic heterocycles. The summed E-state index contributed by atoms with van der Waals surface area (Å²) in [5.74, 6) is -4.16. The zero-order valence-corrected chi connectivity index (χ0v) is 44.9. The highest BCUT2D eigenvalue weighted by Crippen LogP contribution is 2.35. The van der Waals surface area contributed by atoms with Gasteiger partial charge in [-0.15, -0.1) is 22.7 Å². The van der Waals surface area contributed by atoms with Gasteiger partial charge in [0.05, 0.1) is 63.4 Å². The fourth-order valence-electron chi connectivity index (χ4n) is 8.43. The Balaban J connectivity index is 0.000000365. The van der Waals surface area contributed by atoms with Crippen molar-refractivity contribution < 1.29 is 53.6 Å². The molecule has 69 heavy (non-hydrogen) atoms. The van der Waals surface area contributed by atoms with Crippen molar-refractivity contribution in [3.63, 3.8) is 0 Å². The number of rotatable bonds is 4. The molecule has 0 aliphatic carbocycles. The van der Waals surface area contributed by atoms with Gasteiger partial charge < -0.3 is 24.8 Å². The number of aromatic nitrogens is 2. The van der Waals surface area contributed by atoms with Crippen molar-refractivity contribution in [2.24, 2.45) is 40.4 Å². The molecule has 4 rings (SSSR count). The highest BCUT2D eigenvalue weighted by atomic mass is 32.1. The molecule has 0 unspecified atom stereocenters. The first-order chi connectivity index (χ1) is 32.1. The second-order valence-corrected chi connectivity index (χ2v) is 22.5. The number of allylic oxidation sites excluding steroid dienone is 2. The van der Waals surface area contributed by atoms with Crippen molar-refractivity contribution in [3.8, 4) is 0 Å². The van der Waals surface area contributed by atoms with E-state index in [0.29, 0.717) is 32.1 Å². The third-order valence-electron chi connectivity index (χ3n) is 14.2. The first-order valence-corrected chi connectivity index (χ1v) is 25.9. The van der Waals surface area contributed by atoms with Gasteiger partial charge in [-0.3, -0.25) is 28.8 Å². The van der Waals surface area contributed by atoms with Crippen LogP contribution in [-0.2, 0) is 38.2 Å². The second-order valence-electron chi connectivity index (χ2n) is 20.4. The summed E-state index contributed by atoms with van der Waals surface area (Å²) in [5, 5.41) is 38.1. The van der Waals surface area contributed by atoms with Gasteiger partial charge in [0.1, 0.15) is 35.3 Å². The fourth-order valence-corrected chi connectivity index (χ4v) is 9.57. The molecule has 0 aromatic carbocycles. The van der Waals surface area contributed by atoms with Crippen LogP contribution in [0, 0.1) is 54.3 Å². The van der Waals surface area contributed by atoms with Gasteiger partial charge in [0, 0.05) is 60.1 Å². The minimum absolute atomic E-state index is 0.117.